The highest BCUT2D eigenvalue weighted by Gasteiger charge is 2.47. The molecule has 0 spiro atoms. The van der Waals surface area contributed by atoms with Crippen LogP contribution in [0.5, 0.6) is 0 Å². The van der Waals surface area contributed by atoms with E-state index in [2.05, 4.69) is 229 Å². The van der Waals surface area contributed by atoms with Crippen molar-refractivity contribution in [1.82, 2.24) is 0 Å². The van der Waals surface area contributed by atoms with Crippen LogP contribution in [0.3, 0.4) is 0 Å². The van der Waals surface area contributed by atoms with Gasteiger partial charge >= 0.3 is 0 Å². The molecule has 12 aromatic rings. The van der Waals surface area contributed by atoms with E-state index in [1.165, 1.54) is 58.9 Å². The highest BCUT2D eigenvalue weighted by molar-refractivity contribution is 7.26. The summed E-state index contributed by atoms with van der Waals surface area (Å²) in [6, 6.07) is 82.2. The lowest BCUT2D eigenvalue weighted by atomic mass is 9.68. The molecule has 0 aliphatic heterocycles. The van der Waals surface area contributed by atoms with Crippen molar-refractivity contribution in [3.8, 4) is 22.3 Å². The largest absolute Gasteiger partial charge is 0.455 e. The van der Waals surface area contributed by atoms with Crippen molar-refractivity contribution in [2.45, 2.75) is 5.41 Å². The van der Waals surface area contributed by atoms with E-state index in [9.17, 15) is 0 Å². The first kappa shape index (κ1) is 35.1. The third-order valence-electron chi connectivity index (χ3n) is 13.2. The minimum atomic E-state index is -0.514. The number of anilines is 3. The van der Waals surface area contributed by atoms with E-state index >= 15 is 0 Å². The number of benzene rings is 10. The van der Waals surface area contributed by atoms with E-state index in [1.807, 2.05) is 11.3 Å². The number of rotatable bonds is 6. The third kappa shape index (κ3) is 4.97. The molecule has 0 bridgehead atoms. The second kappa shape index (κ2) is 13.7. The molecule has 1 aliphatic rings. The highest BCUT2D eigenvalue weighted by Crippen LogP contribution is 2.60. The van der Waals surface area contributed by atoms with Gasteiger partial charge in [-0.2, -0.15) is 0 Å². The maximum absolute atomic E-state index is 6.81. The van der Waals surface area contributed by atoms with Crippen LogP contribution in [-0.4, -0.2) is 0 Å². The molecule has 2 nitrogen and oxygen atoms in total. The smallest absolute Gasteiger partial charge is 0.143 e. The average molecular weight is 808 g/mol. The predicted molar refractivity (Wildman–Crippen MR) is 262 cm³/mol. The van der Waals surface area contributed by atoms with Gasteiger partial charge in [-0.15, -0.1) is 11.3 Å². The summed E-state index contributed by atoms with van der Waals surface area (Å²) in [6.45, 7) is 0. The van der Waals surface area contributed by atoms with Gasteiger partial charge in [0.25, 0.3) is 0 Å². The molecule has 290 valence electrons. The quantitative estimate of drug-likeness (QED) is 0.166. The number of fused-ring (bicyclic) bond motifs is 11. The van der Waals surface area contributed by atoms with Gasteiger partial charge < -0.3 is 9.32 Å². The van der Waals surface area contributed by atoms with Crippen molar-refractivity contribution in [2.24, 2.45) is 0 Å². The number of nitrogens with zero attached hydrogens (tertiary/aromatic N) is 1. The Morgan fingerprint density at radius 1 is 0.387 bits per heavy atom. The van der Waals surface area contributed by atoms with Gasteiger partial charge in [-0.1, -0.05) is 188 Å². The summed E-state index contributed by atoms with van der Waals surface area (Å²) in [5.41, 5.74) is 14.5. The zero-order chi connectivity index (χ0) is 40.8. The van der Waals surface area contributed by atoms with E-state index < -0.39 is 5.41 Å². The second-order valence-electron chi connectivity index (χ2n) is 16.3. The summed E-state index contributed by atoms with van der Waals surface area (Å²) in [7, 11) is 0. The lowest BCUT2D eigenvalue weighted by molar-refractivity contribution is 0.674. The van der Waals surface area contributed by atoms with Crippen LogP contribution in [0.25, 0.3) is 75.1 Å². The Labute approximate surface area is 363 Å². The fourth-order valence-electron chi connectivity index (χ4n) is 10.5. The first-order valence-electron chi connectivity index (χ1n) is 21.3. The zero-order valence-corrected chi connectivity index (χ0v) is 34.4. The van der Waals surface area contributed by atoms with Gasteiger partial charge in [-0.05, 0) is 75.2 Å². The maximum Gasteiger partial charge on any atom is 0.143 e. The normalized spacial score (nSPS) is 13.0. The van der Waals surface area contributed by atoms with Gasteiger partial charge in [-0.25, -0.2) is 0 Å². The molecule has 0 fully saturated rings. The van der Waals surface area contributed by atoms with Crippen LogP contribution >= 0.6 is 11.3 Å². The summed E-state index contributed by atoms with van der Waals surface area (Å²) < 4.78 is 9.36. The van der Waals surface area contributed by atoms with Crippen LogP contribution in [0, 0.1) is 0 Å². The van der Waals surface area contributed by atoms with E-state index in [4.69, 9.17) is 4.42 Å². The minimum absolute atomic E-state index is 0.514. The van der Waals surface area contributed by atoms with Crippen LogP contribution in [0.2, 0.25) is 0 Å². The molecule has 0 unspecified atom stereocenters. The SMILES string of the molecule is c1ccc(C2(c3ccccc3)c3ccccc3-c3c(N(c4ccc(-c5cccc6c5oc5c7ccccc7ccc65)cc4)c4cccc5c4sc4ccccc45)cccc32)cc1. The van der Waals surface area contributed by atoms with Gasteiger partial charge in [0.1, 0.15) is 11.2 Å². The lowest BCUT2D eigenvalue weighted by Gasteiger charge is -2.34. The number of thiophene rings is 1. The summed E-state index contributed by atoms with van der Waals surface area (Å²) in [5, 5.41) is 7.13. The molecule has 3 heteroatoms. The van der Waals surface area contributed by atoms with E-state index in [0.717, 1.165) is 55.5 Å². The van der Waals surface area contributed by atoms with E-state index in [-0.39, 0.29) is 0 Å². The van der Waals surface area contributed by atoms with Gasteiger partial charge in [0.05, 0.1) is 21.5 Å². The Hall–Kier alpha value is -7.72. The predicted octanol–water partition coefficient (Wildman–Crippen LogP) is 16.6. The van der Waals surface area contributed by atoms with Crippen molar-refractivity contribution in [3.05, 3.63) is 247 Å². The van der Waals surface area contributed by atoms with Gasteiger partial charge in [0.2, 0.25) is 0 Å². The molecule has 13 rings (SSSR count). The van der Waals surface area contributed by atoms with Crippen LogP contribution in [0.1, 0.15) is 22.3 Å². The Bertz CT molecular complexity index is 3650. The summed E-state index contributed by atoms with van der Waals surface area (Å²) in [4.78, 5) is 2.51. The van der Waals surface area contributed by atoms with Crippen LogP contribution < -0.4 is 4.90 Å². The van der Waals surface area contributed by atoms with Gasteiger partial charge in [-0.3, -0.25) is 0 Å². The first-order chi connectivity index (χ1) is 30.8. The molecule has 0 atom stereocenters. The van der Waals surface area contributed by atoms with Crippen LogP contribution in [0.15, 0.2) is 229 Å². The number of hydrogen-bond donors (Lipinski definition) is 0. The summed E-state index contributed by atoms with van der Waals surface area (Å²) in [5.74, 6) is 0. The molecule has 0 saturated heterocycles. The molecule has 0 saturated carbocycles. The van der Waals surface area contributed by atoms with Crippen LogP contribution in [-0.2, 0) is 5.41 Å². The van der Waals surface area contributed by atoms with Crippen molar-refractivity contribution in [3.63, 3.8) is 0 Å². The molecule has 62 heavy (non-hydrogen) atoms. The molecular weight excluding hydrogens is 771 g/mol. The zero-order valence-electron chi connectivity index (χ0n) is 33.6. The number of hydrogen-bond acceptors (Lipinski definition) is 3. The minimum Gasteiger partial charge on any atom is -0.455 e. The fraction of sp³-hybridized carbons (Fsp3) is 0.0169. The standard InChI is InChI=1S/C59H37NOS/c1-3-17-40(18-4-1)59(41-19-5-2-6-20-41)50-27-11-9-23-49(50)55-51(59)28-15-29-52(55)60(53-30-14-26-48-45-22-10-12-31-54(45)62-58(48)53)42-35-32-39(33-36-42)44-24-13-25-46-47-37-34-38-16-7-8-21-43(38)57(47)61-56(44)46/h1-37H. The molecule has 1 aliphatic carbocycles. The van der Waals surface area contributed by atoms with Gasteiger partial charge in [0, 0.05) is 48.4 Å². The summed E-state index contributed by atoms with van der Waals surface area (Å²) in [6.07, 6.45) is 0. The molecule has 2 aromatic heterocycles. The molecule has 2 heterocycles. The van der Waals surface area contributed by atoms with Crippen molar-refractivity contribution in [2.75, 3.05) is 4.90 Å². The van der Waals surface area contributed by atoms with Crippen molar-refractivity contribution in [1.29, 1.82) is 0 Å². The summed E-state index contributed by atoms with van der Waals surface area (Å²) >= 11 is 1.87. The molecule has 0 amide bonds. The average Bonchev–Trinajstić information content (AvgIpc) is 4.02. The fourth-order valence-corrected chi connectivity index (χ4v) is 11.7. The van der Waals surface area contributed by atoms with Gasteiger partial charge in [0.15, 0.2) is 0 Å². The number of furan rings is 1. The number of para-hydroxylation sites is 1. The Kier molecular flexibility index (Phi) is 7.72. The molecule has 0 N–H and O–H groups in total. The molecule has 10 aromatic carbocycles. The lowest BCUT2D eigenvalue weighted by Crippen LogP contribution is -2.28. The van der Waals surface area contributed by atoms with Crippen molar-refractivity contribution < 1.29 is 4.42 Å². The third-order valence-corrected chi connectivity index (χ3v) is 14.4. The second-order valence-corrected chi connectivity index (χ2v) is 17.4. The maximum atomic E-state index is 6.81. The van der Waals surface area contributed by atoms with E-state index in [1.54, 1.807) is 0 Å². The molecular formula is C59H37NOS. The Morgan fingerprint density at radius 2 is 0.984 bits per heavy atom. The Morgan fingerprint density at radius 3 is 1.81 bits per heavy atom. The highest BCUT2D eigenvalue weighted by atomic mass is 32.1. The monoisotopic (exact) mass is 807 g/mol. The molecule has 0 radical (unpaired) electrons. The van der Waals surface area contributed by atoms with Crippen molar-refractivity contribution >= 4 is 81.3 Å². The Balaban J connectivity index is 1.06. The van der Waals surface area contributed by atoms with Crippen LogP contribution in [0.4, 0.5) is 17.1 Å². The van der Waals surface area contributed by atoms with E-state index in [0.29, 0.717) is 0 Å². The topological polar surface area (TPSA) is 16.4 Å². The first-order valence-corrected chi connectivity index (χ1v) is 22.1.